The Morgan fingerprint density at radius 2 is 1.68 bits per heavy atom. The van der Waals surface area contributed by atoms with Gasteiger partial charge in [0.15, 0.2) is 0 Å². The van der Waals surface area contributed by atoms with E-state index in [0.29, 0.717) is 27.4 Å². The fraction of sp³-hybridized carbons (Fsp3) is 0.316. The zero-order valence-electron chi connectivity index (χ0n) is 13.6. The van der Waals surface area contributed by atoms with Crippen LogP contribution in [-0.4, -0.2) is 23.0 Å². The Morgan fingerprint density at radius 1 is 0.920 bits per heavy atom. The van der Waals surface area contributed by atoms with Gasteiger partial charge in [-0.2, -0.15) is 0 Å². The van der Waals surface area contributed by atoms with Crippen molar-refractivity contribution < 1.29 is 4.74 Å². The Labute approximate surface area is 168 Å². The predicted octanol–water partition coefficient (Wildman–Crippen LogP) is 6.39. The zero-order valence-corrected chi connectivity index (χ0v) is 16.7. The maximum atomic E-state index is 6.38. The number of piperidine rings is 1. The van der Waals surface area contributed by atoms with E-state index in [1.807, 2.05) is 24.3 Å². The number of rotatable bonds is 4. The second-order valence-electron chi connectivity index (χ2n) is 6.04. The standard InChI is InChI=1S/C19H18Cl3NOS/c20-15-6-4-13(10-16(15)21)12-24-18-7-5-14(11-17(18)22)19(25)23-8-2-1-3-9-23/h4-7,10-11H,1-3,8-9,12H2. The predicted molar refractivity (Wildman–Crippen MR) is 109 cm³/mol. The van der Waals surface area contributed by atoms with E-state index in [9.17, 15) is 0 Å². The van der Waals surface area contributed by atoms with Crippen molar-refractivity contribution in [2.75, 3.05) is 13.1 Å². The quantitative estimate of drug-likeness (QED) is 0.538. The van der Waals surface area contributed by atoms with E-state index < -0.39 is 0 Å². The summed E-state index contributed by atoms with van der Waals surface area (Å²) in [7, 11) is 0. The van der Waals surface area contributed by atoms with Crippen LogP contribution in [0.3, 0.4) is 0 Å². The van der Waals surface area contributed by atoms with Crippen molar-refractivity contribution in [1.29, 1.82) is 0 Å². The van der Waals surface area contributed by atoms with Crippen molar-refractivity contribution >= 4 is 52.0 Å². The zero-order chi connectivity index (χ0) is 17.8. The molecule has 0 bridgehead atoms. The minimum atomic E-state index is 0.368. The Bertz CT molecular complexity index is 775. The lowest BCUT2D eigenvalue weighted by molar-refractivity contribution is 0.306. The molecule has 0 spiro atoms. The molecule has 25 heavy (non-hydrogen) atoms. The fourth-order valence-corrected chi connectivity index (χ4v) is 3.69. The molecule has 1 saturated heterocycles. The first-order valence-corrected chi connectivity index (χ1v) is 9.74. The van der Waals surface area contributed by atoms with Crippen LogP contribution in [-0.2, 0) is 6.61 Å². The number of halogens is 3. The molecule has 1 fully saturated rings. The molecule has 0 saturated carbocycles. The molecule has 2 nitrogen and oxygen atoms in total. The van der Waals surface area contributed by atoms with Crippen LogP contribution < -0.4 is 4.74 Å². The van der Waals surface area contributed by atoms with Gasteiger partial charge >= 0.3 is 0 Å². The molecule has 2 aromatic rings. The molecule has 0 radical (unpaired) electrons. The molecule has 0 N–H and O–H groups in total. The molecule has 0 atom stereocenters. The van der Waals surface area contributed by atoms with Crippen molar-refractivity contribution in [2.24, 2.45) is 0 Å². The van der Waals surface area contributed by atoms with Crippen LogP contribution in [0.4, 0.5) is 0 Å². The maximum absolute atomic E-state index is 6.38. The summed E-state index contributed by atoms with van der Waals surface area (Å²) in [4.78, 5) is 3.11. The summed E-state index contributed by atoms with van der Waals surface area (Å²) >= 11 is 23.9. The van der Waals surface area contributed by atoms with E-state index in [-0.39, 0.29) is 0 Å². The second-order valence-corrected chi connectivity index (χ2v) is 7.64. The summed E-state index contributed by atoms with van der Waals surface area (Å²) in [6, 6.07) is 11.1. The second kappa shape index (κ2) is 8.59. The van der Waals surface area contributed by atoms with Gasteiger partial charge in [0, 0.05) is 18.7 Å². The third-order valence-corrected chi connectivity index (χ3v) is 5.73. The Morgan fingerprint density at radius 3 is 2.36 bits per heavy atom. The first-order valence-electron chi connectivity index (χ1n) is 8.20. The van der Waals surface area contributed by atoms with Gasteiger partial charge in [0.2, 0.25) is 0 Å². The van der Waals surface area contributed by atoms with Gasteiger partial charge < -0.3 is 9.64 Å². The Balaban J connectivity index is 1.67. The van der Waals surface area contributed by atoms with Gasteiger partial charge in [0.05, 0.1) is 15.1 Å². The minimum Gasteiger partial charge on any atom is -0.487 e. The molecule has 0 aliphatic carbocycles. The number of ether oxygens (including phenoxy) is 1. The van der Waals surface area contributed by atoms with Crippen molar-refractivity contribution in [1.82, 2.24) is 4.90 Å². The molecule has 1 aliphatic rings. The highest BCUT2D eigenvalue weighted by Crippen LogP contribution is 2.29. The third kappa shape index (κ3) is 4.79. The van der Waals surface area contributed by atoms with E-state index in [1.54, 1.807) is 12.1 Å². The molecule has 132 valence electrons. The van der Waals surface area contributed by atoms with Crippen LogP contribution >= 0.6 is 47.0 Å². The molecule has 0 amide bonds. The highest BCUT2D eigenvalue weighted by atomic mass is 35.5. The van der Waals surface area contributed by atoms with Gasteiger partial charge in [0.1, 0.15) is 17.3 Å². The number of thiocarbonyl (C=S) groups is 1. The lowest BCUT2D eigenvalue weighted by atomic mass is 10.1. The molecule has 3 rings (SSSR count). The van der Waals surface area contributed by atoms with E-state index in [4.69, 9.17) is 51.8 Å². The number of nitrogens with zero attached hydrogens (tertiary/aromatic N) is 1. The average Bonchev–Trinajstić information content (AvgIpc) is 2.63. The summed E-state index contributed by atoms with van der Waals surface area (Å²) in [5, 5.41) is 1.59. The number of hydrogen-bond acceptors (Lipinski definition) is 2. The topological polar surface area (TPSA) is 12.5 Å². The Kier molecular flexibility index (Phi) is 6.45. The van der Waals surface area contributed by atoms with Crippen LogP contribution in [0.2, 0.25) is 15.1 Å². The van der Waals surface area contributed by atoms with Gasteiger partial charge in [-0.3, -0.25) is 0 Å². The first-order chi connectivity index (χ1) is 12.0. The van der Waals surface area contributed by atoms with Gasteiger partial charge in [0.25, 0.3) is 0 Å². The summed E-state index contributed by atoms with van der Waals surface area (Å²) in [5.41, 5.74) is 1.89. The lowest BCUT2D eigenvalue weighted by Crippen LogP contribution is -2.34. The molecule has 1 aliphatic heterocycles. The average molecular weight is 415 g/mol. The normalized spacial score (nSPS) is 14.4. The van der Waals surface area contributed by atoms with Crippen LogP contribution in [0.15, 0.2) is 36.4 Å². The summed E-state index contributed by atoms with van der Waals surface area (Å²) in [6.45, 7) is 2.41. The number of hydrogen-bond donors (Lipinski definition) is 0. The lowest BCUT2D eigenvalue weighted by Gasteiger charge is -2.29. The van der Waals surface area contributed by atoms with Crippen molar-refractivity contribution in [3.63, 3.8) is 0 Å². The summed E-state index contributed by atoms with van der Waals surface area (Å²) < 4.78 is 5.81. The molecule has 0 unspecified atom stereocenters. The van der Waals surface area contributed by atoms with Crippen LogP contribution in [0.5, 0.6) is 5.75 Å². The molecule has 0 aromatic heterocycles. The highest BCUT2D eigenvalue weighted by Gasteiger charge is 2.16. The summed E-state index contributed by atoms with van der Waals surface area (Å²) in [6.07, 6.45) is 3.67. The van der Waals surface area contributed by atoms with Crippen molar-refractivity contribution in [3.05, 3.63) is 62.6 Å². The Hall–Kier alpha value is -1.00. The monoisotopic (exact) mass is 413 g/mol. The number of likely N-dealkylation sites (tertiary alicyclic amines) is 1. The SMILES string of the molecule is S=C(c1ccc(OCc2ccc(Cl)c(Cl)c2)c(Cl)c1)N1CCCCC1. The van der Waals surface area contributed by atoms with Gasteiger partial charge in [-0.25, -0.2) is 0 Å². The van der Waals surface area contributed by atoms with Crippen LogP contribution in [0.25, 0.3) is 0 Å². The summed E-state index contributed by atoms with van der Waals surface area (Å²) in [5.74, 6) is 0.623. The van der Waals surface area contributed by atoms with Crippen LogP contribution in [0, 0.1) is 0 Å². The molecular weight excluding hydrogens is 397 g/mol. The van der Waals surface area contributed by atoms with E-state index in [2.05, 4.69) is 4.90 Å². The van der Waals surface area contributed by atoms with E-state index >= 15 is 0 Å². The molecule has 6 heteroatoms. The highest BCUT2D eigenvalue weighted by molar-refractivity contribution is 7.80. The van der Waals surface area contributed by atoms with Gasteiger partial charge in [-0.05, 0) is 55.2 Å². The van der Waals surface area contributed by atoms with E-state index in [0.717, 1.165) is 29.2 Å². The largest absolute Gasteiger partial charge is 0.487 e. The van der Waals surface area contributed by atoms with Gasteiger partial charge in [-0.1, -0.05) is 53.1 Å². The fourth-order valence-electron chi connectivity index (χ4n) is 2.82. The van der Waals surface area contributed by atoms with Crippen molar-refractivity contribution in [3.8, 4) is 5.75 Å². The smallest absolute Gasteiger partial charge is 0.138 e. The molecular formula is C19H18Cl3NOS. The maximum Gasteiger partial charge on any atom is 0.138 e. The molecule has 1 heterocycles. The first kappa shape index (κ1) is 18.8. The van der Waals surface area contributed by atoms with Crippen molar-refractivity contribution in [2.45, 2.75) is 25.9 Å². The van der Waals surface area contributed by atoms with Gasteiger partial charge in [-0.15, -0.1) is 0 Å². The third-order valence-electron chi connectivity index (χ3n) is 4.20. The van der Waals surface area contributed by atoms with E-state index in [1.165, 1.54) is 19.3 Å². The molecule has 2 aromatic carbocycles. The van der Waals surface area contributed by atoms with Crippen LogP contribution in [0.1, 0.15) is 30.4 Å². The number of benzene rings is 2. The minimum absolute atomic E-state index is 0.368.